The smallest absolute Gasteiger partial charge is 0.171 e. The molecule has 0 spiro atoms. The number of hydrogen-bond acceptors (Lipinski definition) is 1. The van der Waals surface area contributed by atoms with Gasteiger partial charge in [0.15, 0.2) is 5.11 Å². The van der Waals surface area contributed by atoms with E-state index in [1.165, 1.54) is 38.5 Å². The normalized spacial score (nSPS) is 21.1. The van der Waals surface area contributed by atoms with Crippen LogP contribution in [0.25, 0.3) is 0 Å². The Bertz CT molecular complexity index is 479. The van der Waals surface area contributed by atoms with Crippen molar-refractivity contribution in [2.75, 3.05) is 5.32 Å². The average molecular weight is 295 g/mol. The first-order chi connectivity index (χ1) is 9.20. The van der Waals surface area contributed by atoms with Gasteiger partial charge in [0.1, 0.15) is 0 Å². The SMILES string of the molecule is S=C(Nc1ccccc1Cl)NC1(C2CC2)CCCC1. The Morgan fingerprint density at radius 1 is 1.21 bits per heavy atom. The maximum Gasteiger partial charge on any atom is 0.171 e. The summed E-state index contributed by atoms with van der Waals surface area (Å²) in [6.07, 6.45) is 7.84. The van der Waals surface area contributed by atoms with Gasteiger partial charge < -0.3 is 10.6 Å². The van der Waals surface area contributed by atoms with E-state index in [2.05, 4.69) is 10.6 Å². The zero-order valence-electron chi connectivity index (χ0n) is 10.9. The van der Waals surface area contributed by atoms with Crippen LogP contribution >= 0.6 is 23.8 Å². The fourth-order valence-electron chi connectivity index (χ4n) is 3.22. The second kappa shape index (κ2) is 5.29. The van der Waals surface area contributed by atoms with Crippen LogP contribution in [0.5, 0.6) is 0 Å². The zero-order chi connectivity index (χ0) is 13.3. The molecule has 0 bridgehead atoms. The summed E-state index contributed by atoms with van der Waals surface area (Å²) in [4.78, 5) is 0. The minimum Gasteiger partial charge on any atom is -0.357 e. The quantitative estimate of drug-likeness (QED) is 0.811. The van der Waals surface area contributed by atoms with Crippen LogP contribution in [-0.4, -0.2) is 10.7 Å². The summed E-state index contributed by atoms with van der Waals surface area (Å²) in [5, 5.41) is 8.24. The molecule has 2 fully saturated rings. The predicted molar refractivity (Wildman–Crippen MR) is 84.7 cm³/mol. The van der Waals surface area contributed by atoms with Crippen LogP contribution in [0.15, 0.2) is 24.3 Å². The summed E-state index contributed by atoms with van der Waals surface area (Å²) in [5.74, 6) is 0.820. The molecule has 0 atom stereocenters. The standard InChI is InChI=1S/C15H19ClN2S/c16-12-5-1-2-6-13(12)17-14(19)18-15(11-7-8-11)9-3-4-10-15/h1-2,5-6,11H,3-4,7-10H2,(H2,17,18,19). The number of hydrogen-bond donors (Lipinski definition) is 2. The molecule has 0 aliphatic heterocycles. The molecule has 19 heavy (non-hydrogen) atoms. The Morgan fingerprint density at radius 2 is 1.89 bits per heavy atom. The zero-order valence-corrected chi connectivity index (χ0v) is 12.5. The van der Waals surface area contributed by atoms with Crippen LogP contribution < -0.4 is 10.6 Å². The fourth-order valence-corrected chi connectivity index (χ4v) is 3.72. The second-order valence-corrected chi connectivity index (χ2v) is 6.51. The lowest BCUT2D eigenvalue weighted by Crippen LogP contribution is -2.49. The van der Waals surface area contributed by atoms with Gasteiger partial charge in [0.2, 0.25) is 0 Å². The van der Waals surface area contributed by atoms with Crippen molar-refractivity contribution in [3.63, 3.8) is 0 Å². The average Bonchev–Trinajstić information content (AvgIpc) is 3.15. The summed E-state index contributed by atoms with van der Waals surface area (Å²) in [7, 11) is 0. The highest BCUT2D eigenvalue weighted by molar-refractivity contribution is 7.80. The van der Waals surface area contributed by atoms with Crippen molar-refractivity contribution >= 4 is 34.6 Å². The highest BCUT2D eigenvalue weighted by Gasteiger charge is 2.47. The van der Waals surface area contributed by atoms with Gasteiger partial charge >= 0.3 is 0 Å². The Balaban J connectivity index is 1.66. The molecule has 1 aromatic rings. The van der Waals surface area contributed by atoms with Crippen LogP contribution in [0.3, 0.4) is 0 Å². The van der Waals surface area contributed by atoms with Crippen molar-refractivity contribution in [1.29, 1.82) is 0 Å². The minimum absolute atomic E-state index is 0.255. The van der Waals surface area contributed by atoms with Gasteiger partial charge in [0.25, 0.3) is 0 Å². The maximum atomic E-state index is 6.14. The third-order valence-corrected chi connectivity index (χ3v) is 4.87. The van der Waals surface area contributed by atoms with Gasteiger partial charge in [-0.05, 0) is 56.0 Å². The number of benzene rings is 1. The van der Waals surface area contributed by atoms with Gasteiger partial charge in [-0.2, -0.15) is 0 Å². The van der Waals surface area contributed by atoms with E-state index in [0.717, 1.165) is 11.6 Å². The van der Waals surface area contributed by atoms with Crippen LogP contribution in [0.4, 0.5) is 5.69 Å². The van der Waals surface area contributed by atoms with E-state index >= 15 is 0 Å². The van der Waals surface area contributed by atoms with Gasteiger partial charge in [-0.3, -0.25) is 0 Å². The van der Waals surface area contributed by atoms with E-state index < -0.39 is 0 Å². The molecular weight excluding hydrogens is 276 g/mol. The van der Waals surface area contributed by atoms with Gasteiger partial charge in [-0.1, -0.05) is 36.6 Å². The molecule has 102 valence electrons. The molecule has 2 N–H and O–H groups in total. The lowest BCUT2D eigenvalue weighted by atomic mass is 9.91. The van der Waals surface area contributed by atoms with Crippen LogP contribution in [-0.2, 0) is 0 Å². The summed E-state index contributed by atoms with van der Waals surface area (Å²) >= 11 is 11.6. The number of rotatable bonds is 3. The summed E-state index contributed by atoms with van der Waals surface area (Å²) < 4.78 is 0. The van der Waals surface area contributed by atoms with Gasteiger partial charge in [0, 0.05) is 5.54 Å². The Morgan fingerprint density at radius 3 is 2.53 bits per heavy atom. The van der Waals surface area contributed by atoms with Crippen molar-refractivity contribution in [2.45, 2.75) is 44.1 Å². The molecular formula is C15H19ClN2S. The molecule has 2 aliphatic rings. The van der Waals surface area contributed by atoms with E-state index in [1.54, 1.807) is 0 Å². The van der Waals surface area contributed by atoms with Gasteiger partial charge in [-0.15, -0.1) is 0 Å². The molecule has 3 rings (SSSR count). The van der Waals surface area contributed by atoms with E-state index in [4.69, 9.17) is 23.8 Å². The maximum absolute atomic E-state index is 6.14. The highest BCUT2D eigenvalue weighted by atomic mass is 35.5. The largest absolute Gasteiger partial charge is 0.357 e. The lowest BCUT2D eigenvalue weighted by molar-refractivity contribution is 0.340. The number of nitrogens with one attached hydrogen (secondary N) is 2. The molecule has 0 heterocycles. The first-order valence-corrected chi connectivity index (χ1v) is 7.82. The van der Waals surface area contributed by atoms with Crippen molar-refractivity contribution in [1.82, 2.24) is 5.32 Å². The van der Waals surface area contributed by atoms with Crippen molar-refractivity contribution in [2.24, 2.45) is 5.92 Å². The molecule has 0 unspecified atom stereocenters. The molecule has 0 aromatic heterocycles. The van der Waals surface area contributed by atoms with E-state index in [1.807, 2.05) is 24.3 Å². The van der Waals surface area contributed by atoms with Crippen molar-refractivity contribution < 1.29 is 0 Å². The number of para-hydroxylation sites is 1. The lowest BCUT2D eigenvalue weighted by Gasteiger charge is -2.32. The highest BCUT2D eigenvalue weighted by Crippen LogP contribution is 2.48. The van der Waals surface area contributed by atoms with E-state index in [-0.39, 0.29) is 5.54 Å². The fraction of sp³-hybridized carbons (Fsp3) is 0.533. The van der Waals surface area contributed by atoms with E-state index in [0.29, 0.717) is 10.1 Å². The summed E-state index contributed by atoms with van der Waals surface area (Å²) in [6, 6.07) is 7.71. The molecule has 2 aliphatic carbocycles. The summed E-state index contributed by atoms with van der Waals surface area (Å²) in [6.45, 7) is 0. The molecule has 0 amide bonds. The molecule has 0 saturated heterocycles. The minimum atomic E-state index is 0.255. The molecule has 0 radical (unpaired) electrons. The van der Waals surface area contributed by atoms with Crippen LogP contribution in [0.1, 0.15) is 38.5 Å². The van der Waals surface area contributed by atoms with Crippen molar-refractivity contribution in [3.05, 3.63) is 29.3 Å². The second-order valence-electron chi connectivity index (χ2n) is 5.70. The molecule has 1 aromatic carbocycles. The van der Waals surface area contributed by atoms with E-state index in [9.17, 15) is 0 Å². The third-order valence-electron chi connectivity index (χ3n) is 4.34. The number of anilines is 1. The summed E-state index contributed by atoms with van der Waals surface area (Å²) in [5.41, 5.74) is 1.14. The van der Waals surface area contributed by atoms with Crippen molar-refractivity contribution in [3.8, 4) is 0 Å². The molecule has 2 saturated carbocycles. The van der Waals surface area contributed by atoms with Crippen LogP contribution in [0.2, 0.25) is 5.02 Å². The predicted octanol–water partition coefficient (Wildman–Crippen LogP) is 4.35. The van der Waals surface area contributed by atoms with Gasteiger partial charge in [-0.25, -0.2) is 0 Å². The Hall–Kier alpha value is -0.800. The Kier molecular flexibility index (Phi) is 3.68. The first kappa shape index (κ1) is 13.2. The monoisotopic (exact) mass is 294 g/mol. The number of thiocarbonyl (C=S) groups is 1. The third kappa shape index (κ3) is 2.87. The topological polar surface area (TPSA) is 24.1 Å². The molecule has 4 heteroatoms. The van der Waals surface area contributed by atoms with Crippen LogP contribution in [0, 0.1) is 5.92 Å². The molecule has 2 nitrogen and oxygen atoms in total. The number of halogens is 1. The van der Waals surface area contributed by atoms with Gasteiger partial charge in [0.05, 0.1) is 10.7 Å². The Labute approximate surface area is 124 Å². The first-order valence-electron chi connectivity index (χ1n) is 7.03.